The first kappa shape index (κ1) is 29.8. The van der Waals surface area contributed by atoms with Crippen LogP contribution in [0.1, 0.15) is 16.7 Å². The molecule has 1 aliphatic rings. The predicted octanol–water partition coefficient (Wildman–Crippen LogP) is 4.91. The molecule has 0 bridgehead atoms. The van der Waals surface area contributed by atoms with Gasteiger partial charge < -0.3 is 20.1 Å². The molecular weight excluding hydrogens is 564 g/mol. The highest BCUT2D eigenvalue weighted by atomic mass is 32.2. The van der Waals surface area contributed by atoms with Crippen LogP contribution in [-0.2, 0) is 14.4 Å². The molecule has 3 aromatic rings. The highest BCUT2D eigenvalue weighted by molar-refractivity contribution is 8.18. The number of carbonyl (C=O) groups excluding carboxylic acids is 4. The highest BCUT2D eigenvalue weighted by Gasteiger charge is 2.36. The Labute approximate surface area is 244 Å². The third-order valence-corrected chi connectivity index (χ3v) is 7.15. The molecule has 0 aromatic heterocycles. The summed E-state index contributed by atoms with van der Waals surface area (Å²) in [6.07, 6.45) is 1.49. The average molecular weight is 591 g/mol. The molecule has 4 rings (SSSR count). The van der Waals surface area contributed by atoms with E-state index in [1.54, 1.807) is 24.3 Å². The molecule has 1 saturated heterocycles. The zero-order valence-corrected chi connectivity index (χ0v) is 23.7. The Kier molecular flexibility index (Phi) is 9.22. The molecule has 0 atom stereocenters. The van der Waals surface area contributed by atoms with Crippen molar-refractivity contribution < 1.29 is 33.6 Å². The van der Waals surface area contributed by atoms with Gasteiger partial charge in [0, 0.05) is 23.5 Å². The summed E-state index contributed by atoms with van der Waals surface area (Å²) in [6, 6.07) is 15.7. The highest BCUT2D eigenvalue weighted by Crippen LogP contribution is 2.34. The summed E-state index contributed by atoms with van der Waals surface area (Å²) in [7, 11) is 1.40. The lowest BCUT2D eigenvalue weighted by Gasteiger charge is -2.14. The SMILES string of the molecule is COc1cc(/C=C2\SC(=O)N(CC(=O)Nc3cccc(C)c3C)C2=O)ccc1OCC(=O)Nc1cccc([N+](=O)[O-])c1. The molecule has 0 saturated carbocycles. The number of aryl methyl sites for hydroxylation is 1. The summed E-state index contributed by atoms with van der Waals surface area (Å²) in [5.41, 5.74) is 3.10. The van der Waals surface area contributed by atoms with E-state index in [9.17, 15) is 29.3 Å². The van der Waals surface area contributed by atoms with Gasteiger partial charge in [0.15, 0.2) is 18.1 Å². The van der Waals surface area contributed by atoms with Crippen LogP contribution in [0, 0.1) is 24.0 Å². The van der Waals surface area contributed by atoms with E-state index in [1.807, 2.05) is 19.9 Å². The van der Waals surface area contributed by atoms with Gasteiger partial charge in [-0.1, -0.05) is 24.3 Å². The predicted molar refractivity (Wildman–Crippen MR) is 157 cm³/mol. The van der Waals surface area contributed by atoms with Crippen LogP contribution in [0.15, 0.2) is 65.6 Å². The Morgan fingerprint density at radius 3 is 2.50 bits per heavy atom. The van der Waals surface area contributed by atoms with E-state index in [-0.39, 0.29) is 27.8 Å². The van der Waals surface area contributed by atoms with Gasteiger partial charge in [-0.25, -0.2) is 0 Å². The lowest BCUT2D eigenvalue weighted by atomic mass is 10.1. The van der Waals surface area contributed by atoms with Gasteiger partial charge in [0.05, 0.1) is 16.9 Å². The molecular formula is C29H26N4O8S. The van der Waals surface area contributed by atoms with E-state index in [1.165, 1.54) is 43.5 Å². The summed E-state index contributed by atoms with van der Waals surface area (Å²) < 4.78 is 10.9. The molecule has 1 heterocycles. The van der Waals surface area contributed by atoms with E-state index in [0.29, 0.717) is 11.3 Å². The van der Waals surface area contributed by atoms with E-state index >= 15 is 0 Å². The van der Waals surface area contributed by atoms with Crippen LogP contribution in [0.5, 0.6) is 11.5 Å². The Hall–Kier alpha value is -5.17. The first-order chi connectivity index (χ1) is 20.0. The van der Waals surface area contributed by atoms with Gasteiger partial charge in [-0.05, 0) is 72.6 Å². The molecule has 12 nitrogen and oxygen atoms in total. The standard InChI is InChI=1S/C29H26N4O8S/c1-17-6-4-9-22(18(17)2)31-26(34)15-32-28(36)25(42-29(32)37)13-19-10-11-23(24(12-19)40-3)41-16-27(35)30-20-7-5-8-21(14-20)33(38)39/h4-14H,15-16H2,1-3H3,(H,30,35)(H,31,34)/b25-13-. The summed E-state index contributed by atoms with van der Waals surface area (Å²) in [4.78, 5) is 61.7. The number of nitrogens with zero attached hydrogens (tertiary/aromatic N) is 2. The van der Waals surface area contributed by atoms with Crippen molar-refractivity contribution in [3.63, 3.8) is 0 Å². The molecule has 1 fully saturated rings. The Balaban J connectivity index is 1.38. The fourth-order valence-corrected chi connectivity index (χ4v) is 4.78. The van der Waals surface area contributed by atoms with Gasteiger partial charge in [0.2, 0.25) is 5.91 Å². The summed E-state index contributed by atoms with van der Waals surface area (Å²) in [6.45, 7) is 2.96. The number of benzene rings is 3. The number of carbonyl (C=O) groups is 4. The van der Waals surface area contributed by atoms with Crippen LogP contribution >= 0.6 is 11.8 Å². The fraction of sp³-hybridized carbons (Fsp3) is 0.172. The summed E-state index contributed by atoms with van der Waals surface area (Å²) in [5.74, 6) is -1.14. The maximum atomic E-state index is 12.9. The molecule has 0 spiro atoms. The van der Waals surface area contributed by atoms with Crippen molar-refractivity contribution in [2.24, 2.45) is 0 Å². The first-order valence-electron chi connectivity index (χ1n) is 12.5. The number of hydrogen-bond acceptors (Lipinski definition) is 9. The Morgan fingerprint density at radius 1 is 1.00 bits per heavy atom. The average Bonchev–Trinajstić information content (AvgIpc) is 3.21. The second-order valence-electron chi connectivity index (χ2n) is 9.12. The van der Waals surface area contributed by atoms with Crippen molar-refractivity contribution in [3.05, 3.63) is 92.4 Å². The van der Waals surface area contributed by atoms with Crippen molar-refractivity contribution in [1.82, 2.24) is 4.90 Å². The monoisotopic (exact) mass is 590 g/mol. The fourth-order valence-electron chi connectivity index (χ4n) is 3.94. The third kappa shape index (κ3) is 7.12. The molecule has 3 aromatic carbocycles. The number of non-ortho nitro benzene ring substituents is 1. The van der Waals surface area contributed by atoms with Gasteiger partial charge in [-0.2, -0.15) is 0 Å². The molecule has 4 amide bonds. The maximum Gasteiger partial charge on any atom is 0.294 e. The number of thioether (sulfide) groups is 1. The number of methoxy groups -OCH3 is 1. The minimum Gasteiger partial charge on any atom is -0.493 e. The van der Waals surface area contributed by atoms with Crippen molar-refractivity contribution in [2.75, 3.05) is 30.9 Å². The number of anilines is 2. The number of amides is 4. The van der Waals surface area contributed by atoms with Crippen molar-refractivity contribution in [2.45, 2.75) is 13.8 Å². The normalized spacial score (nSPS) is 13.7. The number of rotatable bonds is 10. The minimum absolute atomic E-state index is 0.131. The smallest absolute Gasteiger partial charge is 0.294 e. The molecule has 0 radical (unpaired) electrons. The van der Waals surface area contributed by atoms with E-state index in [0.717, 1.165) is 27.8 Å². The maximum absolute atomic E-state index is 12.9. The lowest BCUT2D eigenvalue weighted by Crippen LogP contribution is -2.36. The first-order valence-corrected chi connectivity index (χ1v) is 13.3. The van der Waals surface area contributed by atoms with Gasteiger partial charge in [-0.3, -0.25) is 34.2 Å². The number of nitrogens with one attached hydrogen (secondary N) is 2. The van der Waals surface area contributed by atoms with E-state index in [2.05, 4.69) is 10.6 Å². The molecule has 42 heavy (non-hydrogen) atoms. The number of nitro benzene ring substituents is 1. The number of ether oxygens (including phenoxy) is 2. The van der Waals surface area contributed by atoms with Crippen LogP contribution in [-0.4, -0.2) is 53.0 Å². The molecule has 13 heteroatoms. The zero-order valence-electron chi connectivity index (χ0n) is 22.8. The van der Waals surface area contributed by atoms with E-state index < -0.39 is 41.0 Å². The molecule has 1 aliphatic heterocycles. The van der Waals surface area contributed by atoms with E-state index in [4.69, 9.17) is 9.47 Å². The van der Waals surface area contributed by atoms with Crippen molar-refractivity contribution >= 4 is 57.9 Å². The van der Waals surface area contributed by atoms with Crippen LogP contribution in [0.4, 0.5) is 21.9 Å². The molecule has 2 N–H and O–H groups in total. The van der Waals surface area contributed by atoms with Crippen LogP contribution in [0.3, 0.4) is 0 Å². The topological polar surface area (TPSA) is 157 Å². The second-order valence-corrected chi connectivity index (χ2v) is 10.1. The molecule has 0 aliphatic carbocycles. The summed E-state index contributed by atoms with van der Waals surface area (Å²) >= 11 is 0.717. The van der Waals surface area contributed by atoms with Crippen molar-refractivity contribution in [3.8, 4) is 11.5 Å². The van der Waals surface area contributed by atoms with Crippen molar-refractivity contribution in [1.29, 1.82) is 0 Å². The number of imide groups is 1. The quantitative estimate of drug-likeness (QED) is 0.190. The zero-order chi connectivity index (χ0) is 30.4. The van der Waals surface area contributed by atoms with Crippen LogP contribution in [0.2, 0.25) is 0 Å². The number of hydrogen-bond donors (Lipinski definition) is 2. The van der Waals surface area contributed by atoms with Gasteiger partial charge >= 0.3 is 0 Å². The van der Waals surface area contributed by atoms with Gasteiger partial charge in [-0.15, -0.1) is 0 Å². The third-order valence-electron chi connectivity index (χ3n) is 6.24. The minimum atomic E-state index is -0.599. The number of nitro groups is 1. The lowest BCUT2D eigenvalue weighted by molar-refractivity contribution is -0.384. The Bertz CT molecular complexity index is 1620. The van der Waals surface area contributed by atoms with Crippen LogP contribution < -0.4 is 20.1 Å². The second kappa shape index (κ2) is 13.0. The molecule has 0 unspecified atom stereocenters. The van der Waals surface area contributed by atoms with Crippen LogP contribution in [0.25, 0.3) is 6.08 Å². The summed E-state index contributed by atoms with van der Waals surface area (Å²) in [5, 5.41) is 15.6. The van der Waals surface area contributed by atoms with Gasteiger partial charge in [0.25, 0.3) is 22.7 Å². The van der Waals surface area contributed by atoms with Gasteiger partial charge in [0.1, 0.15) is 6.54 Å². The largest absolute Gasteiger partial charge is 0.493 e. The Morgan fingerprint density at radius 2 is 1.76 bits per heavy atom. The molecule has 216 valence electrons.